The van der Waals surface area contributed by atoms with Gasteiger partial charge in [-0.25, -0.2) is 0 Å². The van der Waals surface area contributed by atoms with Gasteiger partial charge in [0.25, 0.3) is 0 Å². The molecule has 3 aliphatic carbocycles. The number of carbonyl (C=O) groups is 1. The lowest BCUT2D eigenvalue weighted by atomic mass is 9.61. The highest BCUT2D eigenvalue weighted by Crippen LogP contribution is 2.45. The Balaban J connectivity index is 1.92. The van der Waals surface area contributed by atoms with Crippen LogP contribution in [-0.2, 0) is 4.79 Å². The largest absolute Gasteiger partial charge is 0.392 e. The van der Waals surface area contributed by atoms with Crippen molar-refractivity contribution in [3.8, 4) is 0 Å². The van der Waals surface area contributed by atoms with Crippen LogP contribution in [0.5, 0.6) is 0 Å². The lowest BCUT2D eigenvalue weighted by Crippen LogP contribution is -2.48. The molecule has 0 aromatic heterocycles. The molecule has 0 aromatic carbocycles. The third kappa shape index (κ3) is 2.10. The summed E-state index contributed by atoms with van der Waals surface area (Å²) in [5.74, 6) is 1.23. The van der Waals surface area contributed by atoms with E-state index in [1.54, 1.807) is 0 Å². The number of hydrogen-bond donors (Lipinski definition) is 1. The lowest BCUT2D eigenvalue weighted by molar-refractivity contribution is -0.143. The van der Waals surface area contributed by atoms with Crippen molar-refractivity contribution in [1.29, 1.82) is 0 Å². The van der Waals surface area contributed by atoms with Gasteiger partial charge >= 0.3 is 0 Å². The summed E-state index contributed by atoms with van der Waals surface area (Å²) in [6.45, 7) is 2.20. The number of fused-ring (bicyclic) bond motifs is 3. The van der Waals surface area contributed by atoms with Gasteiger partial charge in [0, 0.05) is 12.3 Å². The van der Waals surface area contributed by atoms with Gasteiger partial charge in [0.1, 0.15) is 5.78 Å². The van der Waals surface area contributed by atoms with E-state index in [1.807, 2.05) is 0 Å². The number of aliphatic hydroxyl groups is 1. The highest BCUT2D eigenvalue weighted by Gasteiger charge is 2.46. The van der Waals surface area contributed by atoms with Gasteiger partial charge in [0.15, 0.2) is 0 Å². The maximum Gasteiger partial charge on any atom is 0.138 e. The Morgan fingerprint density at radius 1 is 1.33 bits per heavy atom. The van der Waals surface area contributed by atoms with Gasteiger partial charge in [-0.3, -0.25) is 4.79 Å². The Hall–Kier alpha value is -0.370. The molecule has 0 unspecified atom stereocenters. The maximum absolute atomic E-state index is 11.6. The van der Waals surface area contributed by atoms with Crippen LogP contribution in [0.3, 0.4) is 0 Å². The summed E-state index contributed by atoms with van der Waals surface area (Å²) < 4.78 is 0. The number of hydrogen-bond acceptors (Lipinski definition) is 2. The molecule has 1 N–H and O–H groups in total. The second kappa shape index (κ2) is 4.65. The molecule has 3 rings (SSSR count). The fourth-order valence-electron chi connectivity index (χ4n) is 3.41. The van der Waals surface area contributed by atoms with Crippen molar-refractivity contribution in [1.82, 2.24) is 0 Å². The van der Waals surface area contributed by atoms with Gasteiger partial charge < -0.3 is 5.11 Å². The molecule has 0 heterocycles. The van der Waals surface area contributed by atoms with Gasteiger partial charge in [-0.05, 0) is 31.1 Å². The smallest absolute Gasteiger partial charge is 0.138 e. The second-order valence-electron chi connectivity index (χ2n) is 5.26. The van der Waals surface area contributed by atoms with Crippen molar-refractivity contribution < 1.29 is 9.90 Å². The van der Waals surface area contributed by atoms with Crippen LogP contribution in [0.1, 0.15) is 51.9 Å². The van der Waals surface area contributed by atoms with Crippen LogP contribution in [-0.4, -0.2) is 17.0 Å². The van der Waals surface area contributed by atoms with E-state index in [0.717, 1.165) is 19.3 Å². The number of ketones is 1. The molecule has 0 spiro atoms. The first-order valence-electron chi connectivity index (χ1n) is 6.44. The second-order valence-corrected chi connectivity index (χ2v) is 5.26. The number of Topliss-reactive ketones (excluding diaryl/α,β-unsaturated/α-hetero) is 1. The SMILES string of the molecule is CCCCC[C@H]1[C@@H]2CC[C@@H](C(=O)C2)[C@@H]1O. The van der Waals surface area contributed by atoms with E-state index < -0.39 is 0 Å². The Kier molecular flexibility index (Phi) is 3.45. The molecule has 86 valence electrons. The predicted octanol–water partition coefficient (Wildman–Crippen LogP) is 2.54. The van der Waals surface area contributed by atoms with E-state index in [0.29, 0.717) is 17.6 Å². The molecule has 0 saturated heterocycles. The summed E-state index contributed by atoms with van der Waals surface area (Å²) in [7, 11) is 0. The van der Waals surface area contributed by atoms with E-state index in [4.69, 9.17) is 0 Å². The minimum absolute atomic E-state index is 0.0124. The topological polar surface area (TPSA) is 37.3 Å². The normalized spacial score (nSPS) is 39.7. The minimum atomic E-state index is -0.318. The van der Waals surface area contributed by atoms with Gasteiger partial charge in [0.2, 0.25) is 0 Å². The highest BCUT2D eigenvalue weighted by atomic mass is 16.3. The average Bonchev–Trinajstić information content (AvgIpc) is 2.22. The minimum Gasteiger partial charge on any atom is -0.392 e. The van der Waals surface area contributed by atoms with Gasteiger partial charge in [-0.15, -0.1) is 0 Å². The van der Waals surface area contributed by atoms with Gasteiger partial charge in [0.05, 0.1) is 6.10 Å². The summed E-state index contributed by atoms with van der Waals surface area (Å²) in [6.07, 6.45) is 7.38. The molecule has 3 fully saturated rings. The molecule has 3 saturated carbocycles. The van der Waals surface area contributed by atoms with Crippen molar-refractivity contribution in [3.63, 3.8) is 0 Å². The number of aliphatic hydroxyl groups excluding tert-OH is 1. The predicted molar refractivity (Wildman–Crippen MR) is 59.5 cm³/mol. The number of unbranched alkanes of at least 4 members (excludes halogenated alkanes) is 2. The van der Waals surface area contributed by atoms with Crippen molar-refractivity contribution in [2.24, 2.45) is 17.8 Å². The highest BCUT2D eigenvalue weighted by molar-refractivity contribution is 5.83. The fraction of sp³-hybridized carbons (Fsp3) is 0.923. The molecule has 15 heavy (non-hydrogen) atoms. The van der Waals surface area contributed by atoms with Gasteiger partial charge in [-0.1, -0.05) is 26.2 Å². The van der Waals surface area contributed by atoms with Crippen LogP contribution in [0.2, 0.25) is 0 Å². The molecule has 0 radical (unpaired) electrons. The summed E-state index contributed by atoms with van der Waals surface area (Å²) in [5.41, 5.74) is 0. The molecular formula is C13H22O2. The fourth-order valence-corrected chi connectivity index (χ4v) is 3.41. The summed E-state index contributed by atoms with van der Waals surface area (Å²) >= 11 is 0. The van der Waals surface area contributed by atoms with Crippen molar-refractivity contribution in [2.75, 3.05) is 0 Å². The summed E-state index contributed by atoms with van der Waals surface area (Å²) in [5, 5.41) is 10.1. The third-order valence-electron chi connectivity index (χ3n) is 4.32. The zero-order chi connectivity index (χ0) is 10.8. The van der Waals surface area contributed by atoms with Crippen LogP contribution >= 0.6 is 0 Å². The maximum atomic E-state index is 11.6. The Bertz CT molecular complexity index is 235. The first-order valence-corrected chi connectivity index (χ1v) is 6.44. The zero-order valence-electron chi connectivity index (χ0n) is 9.61. The molecule has 0 amide bonds. The van der Waals surface area contributed by atoms with Crippen LogP contribution in [0.25, 0.3) is 0 Å². The van der Waals surface area contributed by atoms with Crippen molar-refractivity contribution in [3.05, 3.63) is 0 Å². The Morgan fingerprint density at radius 2 is 2.13 bits per heavy atom. The first kappa shape index (κ1) is 11.1. The molecule has 2 nitrogen and oxygen atoms in total. The molecular weight excluding hydrogens is 188 g/mol. The van der Waals surface area contributed by atoms with Crippen molar-refractivity contribution in [2.45, 2.75) is 58.0 Å². The van der Waals surface area contributed by atoms with E-state index in [2.05, 4.69) is 6.92 Å². The molecule has 2 heteroatoms. The van der Waals surface area contributed by atoms with E-state index in [1.165, 1.54) is 25.7 Å². The first-order chi connectivity index (χ1) is 7.24. The Morgan fingerprint density at radius 3 is 2.73 bits per heavy atom. The molecule has 4 atom stereocenters. The van der Waals surface area contributed by atoms with Crippen LogP contribution < -0.4 is 0 Å². The van der Waals surface area contributed by atoms with Crippen LogP contribution in [0.15, 0.2) is 0 Å². The summed E-state index contributed by atoms with van der Waals surface area (Å²) in [4.78, 5) is 11.6. The van der Waals surface area contributed by atoms with E-state index >= 15 is 0 Å². The molecule has 0 aromatic rings. The van der Waals surface area contributed by atoms with Crippen LogP contribution in [0.4, 0.5) is 0 Å². The third-order valence-corrected chi connectivity index (χ3v) is 4.32. The van der Waals surface area contributed by atoms with E-state index in [-0.39, 0.29) is 12.0 Å². The average molecular weight is 210 g/mol. The zero-order valence-corrected chi connectivity index (χ0v) is 9.61. The standard InChI is InChI=1S/C13H22O2/c1-2-3-4-5-10-9-6-7-11(13(10)15)12(14)8-9/h9-11,13,15H,2-8H2,1H3/t9-,10+,11+,13-/m1/s1. The molecule has 2 bridgehead atoms. The van der Waals surface area contributed by atoms with Crippen molar-refractivity contribution >= 4 is 5.78 Å². The molecule has 0 aliphatic heterocycles. The number of carbonyl (C=O) groups excluding carboxylic acids is 1. The Labute approximate surface area is 92.1 Å². The molecule has 3 aliphatic rings. The lowest BCUT2D eigenvalue weighted by Gasteiger charge is -2.45. The number of rotatable bonds is 4. The van der Waals surface area contributed by atoms with Crippen LogP contribution in [0, 0.1) is 17.8 Å². The van der Waals surface area contributed by atoms with E-state index in [9.17, 15) is 9.90 Å². The quantitative estimate of drug-likeness (QED) is 0.724. The summed E-state index contributed by atoms with van der Waals surface area (Å²) in [6, 6.07) is 0. The van der Waals surface area contributed by atoms with Gasteiger partial charge in [-0.2, -0.15) is 0 Å². The monoisotopic (exact) mass is 210 g/mol.